The lowest BCUT2D eigenvalue weighted by Gasteiger charge is -2.19. The number of allylic oxidation sites excluding steroid dienone is 2. The Morgan fingerprint density at radius 1 is 1.14 bits per heavy atom. The van der Waals surface area contributed by atoms with Gasteiger partial charge in [-0.05, 0) is 36.7 Å². The van der Waals surface area contributed by atoms with Gasteiger partial charge in [0, 0.05) is 37.7 Å². The first-order valence-electron chi connectivity index (χ1n) is 7.74. The zero-order valence-electron chi connectivity index (χ0n) is 13.2. The van der Waals surface area contributed by atoms with Crippen LogP contribution in [0.5, 0.6) is 0 Å². The van der Waals surface area contributed by atoms with Crippen molar-refractivity contribution in [2.45, 2.75) is 25.3 Å². The average molecular weight is 299 g/mol. The summed E-state index contributed by atoms with van der Waals surface area (Å²) in [5.74, 6) is 0.420. The van der Waals surface area contributed by atoms with Gasteiger partial charge in [0.1, 0.15) is 5.78 Å². The van der Waals surface area contributed by atoms with Crippen LogP contribution in [-0.4, -0.2) is 36.9 Å². The summed E-state index contributed by atoms with van der Waals surface area (Å²) in [6.07, 6.45) is 8.70. The number of Topliss-reactive ketones (excluding diaryl/α,β-unsaturated/α-hetero) is 1. The summed E-state index contributed by atoms with van der Waals surface area (Å²) < 4.78 is 0. The van der Waals surface area contributed by atoms with Gasteiger partial charge in [-0.1, -0.05) is 30.4 Å². The van der Waals surface area contributed by atoms with Gasteiger partial charge in [-0.2, -0.15) is 0 Å². The highest BCUT2D eigenvalue weighted by Crippen LogP contribution is 2.21. The molecule has 0 amide bonds. The van der Waals surface area contributed by atoms with E-state index >= 15 is 0 Å². The van der Waals surface area contributed by atoms with Crippen LogP contribution in [0, 0.1) is 0 Å². The van der Waals surface area contributed by atoms with Crippen LogP contribution in [0.15, 0.2) is 42.5 Å². The summed E-state index contributed by atoms with van der Waals surface area (Å²) in [4.78, 5) is 12.8. The molecule has 1 saturated heterocycles. The molecular weight excluding hydrogens is 274 g/mol. The second kappa shape index (κ2) is 7.92. The van der Waals surface area contributed by atoms with Crippen LogP contribution in [0.1, 0.15) is 24.8 Å². The fourth-order valence-electron chi connectivity index (χ4n) is 2.39. The summed E-state index contributed by atoms with van der Waals surface area (Å²) >= 11 is 0. The number of likely N-dealkylation sites (tertiary alicyclic amines) is 1. The van der Waals surface area contributed by atoms with Gasteiger partial charge in [0.2, 0.25) is 0 Å². The maximum absolute atomic E-state index is 10.6. The minimum atomic E-state index is 0.174. The van der Waals surface area contributed by atoms with Crippen LogP contribution in [0.3, 0.4) is 0 Å². The van der Waals surface area contributed by atoms with Crippen molar-refractivity contribution < 1.29 is 4.79 Å². The highest BCUT2D eigenvalue weighted by molar-refractivity contribution is 5.79. The lowest BCUT2D eigenvalue weighted by molar-refractivity contribution is -0.121. The predicted molar refractivity (Wildman–Crippen MR) is 92.3 cm³/mol. The van der Waals surface area contributed by atoms with E-state index < -0.39 is 0 Å². The molecule has 1 atom stereocenters. The number of nitrogens with zero attached hydrogens (tertiary/aromatic N) is 1. The molecule has 4 N–H and O–H groups in total. The molecule has 2 aliphatic rings. The lowest BCUT2D eigenvalue weighted by atomic mass is 9.97. The molecule has 0 bridgehead atoms. The number of rotatable bonds is 1. The number of nitrogens with two attached hydrogens (primary N) is 2. The van der Waals surface area contributed by atoms with Gasteiger partial charge in [-0.15, -0.1) is 0 Å². The van der Waals surface area contributed by atoms with E-state index in [1.165, 1.54) is 11.1 Å². The molecule has 4 heteroatoms. The smallest absolute Gasteiger partial charge is 0.135 e. The molecule has 0 spiro atoms. The second-order valence-corrected chi connectivity index (χ2v) is 5.88. The van der Waals surface area contributed by atoms with E-state index in [0.29, 0.717) is 5.78 Å². The normalized spacial score (nSPS) is 21.8. The number of carbonyl (C=O) groups excluding carboxylic acids is 1. The maximum atomic E-state index is 10.6. The molecule has 1 fully saturated rings. The highest BCUT2D eigenvalue weighted by atomic mass is 16.1. The molecule has 0 aromatic heterocycles. The van der Waals surface area contributed by atoms with Gasteiger partial charge in [0.15, 0.2) is 0 Å². The third kappa shape index (κ3) is 5.13. The topological polar surface area (TPSA) is 72.3 Å². The Labute approximate surface area is 132 Å². The van der Waals surface area contributed by atoms with Crippen LogP contribution in [0.2, 0.25) is 0 Å². The van der Waals surface area contributed by atoms with Crippen LogP contribution < -0.4 is 11.5 Å². The number of benzene rings is 1. The van der Waals surface area contributed by atoms with Gasteiger partial charge in [-0.3, -0.25) is 4.79 Å². The monoisotopic (exact) mass is 299 g/mol. The van der Waals surface area contributed by atoms with E-state index in [1.807, 2.05) is 37.4 Å². The molecule has 0 radical (unpaired) electrons. The van der Waals surface area contributed by atoms with Crippen LogP contribution in [0.25, 0.3) is 5.57 Å². The standard InChI is InChI=1S/C12H14N2.C6H11NO/c13-11-5-1-9(2-6-11)10-3-7-12(14)8-4-10;1-7-4-2-6(8)3-5-7/h1-7,12H,8,13-14H2;2-5H2,1H3. The van der Waals surface area contributed by atoms with E-state index in [2.05, 4.69) is 17.1 Å². The number of nitrogen functional groups attached to an aromatic ring is 1. The third-order valence-corrected chi connectivity index (χ3v) is 3.92. The highest BCUT2D eigenvalue weighted by Gasteiger charge is 2.11. The molecule has 1 aromatic rings. The average Bonchev–Trinajstić information content (AvgIpc) is 2.53. The fourth-order valence-corrected chi connectivity index (χ4v) is 2.39. The van der Waals surface area contributed by atoms with Crippen molar-refractivity contribution in [3.8, 4) is 0 Å². The Bertz CT molecular complexity index is 550. The molecule has 1 unspecified atom stereocenters. The first-order chi connectivity index (χ1) is 10.5. The van der Waals surface area contributed by atoms with Crippen molar-refractivity contribution in [2.75, 3.05) is 25.9 Å². The van der Waals surface area contributed by atoms with Crippen molar-refractivity contribution in [1.82, 2.24) is 4.90 Å². The zero-order valence-corrected chi connectivity index (χ0v) is 13.2. The quantitative estimate of drug-likeness (QED) is 0.780. The summed E-state index contributed by atoms with van der Waals surface area (Å²) in [5.41, 5.74) is 14.6. The molecule has 1 heterocycles. The summed E-state index contributed by atoms with van der Waals surface area (Å²) in [7, 11) is 2.05. The number of hydrogen-bond acceptors (Lipinski definition) is 4. The molecule has 1 aliphatic carbocycles. The van der Waals surface area contributed by atoms with Crippen molar-refractivity contribution >= 4 is 17.0 Å². The molecule has 1 aliphatic heterocycles. The van der Waals surface area contributed by atoms with Crippen molar-refractivity contribution in [2.24, 2.45) is 5.73 Å². The minimum Gasteiger partial charge on any atom is -0.399 e. The third-order valence-electron chi connectivity index (χ3n) is 3.92. The van der Waals surface area contributed by atoms with Crippen molar-refractivity contribution in [3.63, 3.8) is 0 Å². The van der Waals surface area contributed by atoms with E-state index in [1.54, 1.807) is 0 Å². The first kappa shape index (κ1) is 16.5. The van der Waals surface area contributed by atoms with E-state index in [0.717, 1.165) is 38.0 Å². The predicted octanol–water partition coefficient (Wildman–Crippen LogP) is 2.22. The summed E-state index contributed by atoms with van der Waals surface area (Å²) in [6, 6.07) is 8.06. The Morgan fingerprint density at radius 3 is 2.27 bits per heavy atom. The molecule has 118 valence electrons. The van der Waals surface area contributed by atoms with E-state index in [9.17, 15) is 4.79 Å². The molecule has 22 heavy (non-hydrogen) atoms. The van der Waals surface area contributed by atoms with Crippen LogP contribution in [0.4, 0.5) is 5.69 Å². The van der Waals surface area contributed by atoms with Crippen molar-refractivity contribution in [1.29, 1.82) is 0 Å². The molecule has 4 nitrogen and oxygen atoms in total. The lowest BCUT2D eigenvalue weighted by Crippen LogP contribution is -2.29. The largest absolute Gasteiger partial charge is 0.399 e. The molecular formula is C18H25N3O. The van der Waals surface area contributed by atoms with Gasteiger partial charge in [-0.25, -0.2) is 0 Å². The summed E-state index contributed by atoms with van der Waals surface area (Å²) in [5, 5.41) is 0. The molecule has 0 saturated carbocycles. The Hall–Kier alpha value is -1.91. The zero-order chi connectivity index (χ0) is 15.9. The first-order valence-corrected chi connectivity index (χ1v) is 7.74. The Morgan fingerprint density at radius 2 is 1.77 bits per heavy atom. The maximum Gasteiger partial charge on any atom is 0.135 e. The Balaban J connectivity index is 0.000000188. The summed E-state index contributed by atoms with van der Waals surface area (Å²) in [6.45, 7) is 1.91. The molecule has 1 aromatic carbocycles. The number of piperidine rings is 1. The van der Waals surface area contributed by atoms with Crippen LogP contribution in [-0.2, 0) is 4.79 Å². The Kier molecular flexibility index (Phi) is 5.92. The van der Waals surface area contributed by atoms with Gasteiger partial charge >= 0.3 is 0 Å². The number of anilines is 1. The fraction of sp³-hybridized carbons (Fsp3) is 0.389. The number of hydrogen-bond donors (Lipinski definition) is 2. The van der Waals surface area contributed by atoms with Gasteiger partial charge < -0.3 is 16.4 Å². The number of ketones is 1. The SMILES string of the molecule is CN1CCC(=O)CC1.Nc1ccc(C2=CCC(N)C=C2)cc1. The van der Waals surface area contributed by atoms with Crippen LogP contribution >= 0.6 is 0 Å². The van der Waals surface area contributed by atoms with Gasteiger partial charge in [0.05, 0.1) is 0 Å². The van der Waals surface area contributed by atoms with Gasteiger partial charge in [0.25, 0.3) is 0 Å². The molecule has 3 rings (SSSR count). The van der Waals surface area contributed by atoms with E-state index in [4.69, 9.17) is 11.5 Å². The second-order valence-electron chi connectivity index (χ2n) is 5.88. The van der Waals surface area contributed by atoms with E-state index in [-0.39, 0.29) is 6.04 Å². The minimum absolute atomic E-state index is 0.174. The number of carbonyl (C=O) groups is 1. The van der Waals surface area contributed by atoms with Crippen molar-refractivity contribution in [3.05, 3.63) is 48.1 Å².